The van der Waals surface area contributed by atoms with Crippen LogP contribution in [0.1, 0.15) is 45.7 Å². The Labute approximate surface area is 183 Å². The Morgan fingerprint density at radius 3 is 2.48 bits per heavy atom. The van der Waals surface area contributed by atoms with E-state index in [0.29, 0.717) is 34.1 Å². The first-order valence-electron chi connectivity index (χ1n) is 9.62. The molecule has 4 rings (SSSR count). The van der Waals surface area contributed by atoms with Gasteiger partial charge in [0, 0.05) is 29.2 Å². The third kappa shape index (κ3) is 4.37. The van der Waals surface area contributed by atoms with Crippen molar-refractivity contribution in [2.45, 2.75) is 31.6 Å². The van der Waals surface area contributed by atoms with Gasteiger partial charge in [-0.25, -0.2) is 8.42 Å². The highest BCUT2D eigenvalue weighted by atomic mass is 32.2. The summed E-state index contributed by atoms with van der Waals surface area (Å²) in [6, 6.07) is 7.65. The number of amides is 1. The van der Waals surface area contributed by atoms with Crippen LogP contribution in [0, 0.1) is 6.92 Å². The second-order valence-corrected chi connectivity index (χ2v) is 10.1. The highest BCUT2D eigenvalue weighted by molar-refractivity contribution is 7.93. The third-order valence-electron chi connectivity index (χ3n) is 4.93. The zero-order valence-electron chi connectivity index (χ0n) is 16.9. The van der Waals surface area contributed by atoms with E-state index in [1.807, 2.05) is 0 Å². The van der Waals surface area contributed by atoms with Gasteiger partial charge in [0.1, 0.15) is 4.90 Å². The van der Waals surface area contributed by atoms with Crippen molar-refractivity contribution in [3.8, 4) is 10.7 Å². The van der Waals surface area contributed by atoms with E-state index in [4.69, 9.17) is 4.52 Å². The molecule has 31 heavy (non-hydrogen) atoms. The van der Waals surface area contributed by atoms with Crippen molar-refractivity contribution in [2.24, 2.45) is 0 Å². The predicted octanol–water partition coefficient (Wildman–Crippen LogP) is 3.35. The summed E-state index contributed by atoms with van der Waals surface area (Å²) in [6.07, 6.45) is 1.89. The second kappa shape index (κ2) is 8.23. The fraction of sp³-hybridized carbons (Fsp3) is 0.300. The SMILES string of the molecule is CC(=O)c1ccc(NS(=O)(=O)c2cc(-c3noc(C(=O)N4CCCC4)n3)sc2C)cc1. The van der Waals surface area contributed by atoms with Crippen molar-refractivity contribution in [1.82, 2.24) is 15.0 Å². The van der Waals surface area contributed by atoms with Crippen LogP contribution in [0.2, 0.25) is 0 Å². The summed E-state index contributed by atoms with van der Waals surface area (Å²) in [5.41, 5.74) is 0.837. The van der Waals surface area contributed by atoms with Gasteiger partial charge >= 0.3 is 11.8 Å². The van der Waals surface area contributed by atoms with Gasteiger partial charge in [0.05, 0.1) is 4.88 Å². The van der Waals surface area contributed by atoms with Crippen LogP contribution in [0.15, 0.2) is 39.8 Å². The quantitative estimate of drug-likeness (QED) is 0.560. The van der Waals surface area contributed by atoms with Crippen molar-refractivity contribution in [1.29, 1.82) is 0 Å². The van der Waals surface area contributed by atoms with E-state index >= 15 is 0 Å². The number of anilines is 1. The highest BCUT2D eigenvalue weighted by Gasteiger charge is 2.27. The van der Waals surface area contributed by atoms with E-state index in [2.05, 4.69) is 14.9 Å². The average Bonchev–Trinajstić information content (AvgIpc) is 3.48. The lowest BCUT2D eigenvalue weighted by molar-refractivity contribution is 0.0743. The molecule has 0 saturated carbocycles. The van der Waals surface area contributed by atoms with Crippen LogP contribution in [-0.4, -0.2) is 48.2 Å². The number of carbonyl (C=O) groups is 2. The summed E-state index contributed by atoms with van der Waals surface area (Å²) in [5.74, 6) is -0.345. The van der Waals surface area contributed by atoms with E-state index in [-0.39, 0.29) is 28.3 Å². The Hall–Kier alpha value is -3.05. The Morgan fingerprint density at radius 1 is 1.16 bits per heavy atom. The number of hydrogen-bond acceptors (Lipinski definition) is 8. The molecule has 9 nitrogen and oxygen atoms in total. The maximum absolute atomic E-state index is 12.9. The molecule has 0 radical (unpaired) electrons. The van der Waals surface area contributed by atoms with E-state index in [0.717, 1.165) is 12.8 Å². The summed E-state index contributed by atoms with van der Waals surface area (Å²) >= 11 is 1.19. The molecule has 0 bridgehead atoms. The van der Waals surface area contributed by atoms with Gasteiger partial charge in [-0.1, -0.05) is 5.16 Å². The molecule has 1 saturated heterocycles. The normalized spacial score (nSPS) is 14.1. The van der Waals surface area contributed by atoms with Crippen LogP contribution >= 0.6 is 11.3 Å². The van der Waals surface area contributed by atoms with Gasteiger partial charge in [-0.15, -0.1) is 11.3 Å². The largest absolute Gasteiger partial charge is 0.334 e. The number of likely N-dealkylation sites (tertiary alicyclic amines) is 1. The molecule has 0 atom stereocenters. The number of hydrogen-bond donors (Lipinski definition) is 1. The maximum atomic E-state index is 12.9. The fourth-order valence-electron chi connectivity index (χ4n) is 3.29. The first-order chi connectivity index (χ1) is 14.7. The third-order valence-corrected chi connectivity index (χ3v) is 7.61. The zero-order valence-corrected chi connectivity index (χ0v) is 18.5. The molecule has 0 aliphatic carbocycles. The number of thiophene rings is 1. The molecule has 0 unspecified atom stereocenters. The summed E-state index contributed by atoms with van der Waals surface area (Å²) in [4.78, 5) is 30.7. The van der Waals surface area contributed by atoms with Crippen molar-refractivity contribution >= 4 is 38.7 Å². The van der Waals surface area contributed by atoms with Gasteiger partial charge in [-0.3, -0.25) is 14.3 Å². The number of benzene rings is 1. The number of nitrogens with zero attached hydrogens (tertiary/aromatic N) is 3. The Morgan fingerprint density at radius 2 is 1.84 bits per heavy atom. The number of Topliss-reactive ketones (excluding diaryl/α,β-unsaturated/α-hetero) is 1. The summed E-state index contributed by atoms with van der Waals surface area (Å²) in [7, 11) is -3.87. The van der Waals surface area contributed by atoms with Gasteiger partial charge in [-0.2, -0.15) is 4.98 Å². The van der Waals surface area contributed by atoms with E-state index in [9.17, 15) is 18.0 Å². The molecule has 1 aromatic carbocycles. The standard InChI is InChI=1S/C20H20N4O5S2/c1-12(25)14-5-7-15(8-6-14)23-31(27,28)17-11-16(30-13(17)2)18-21-19(29-22-18)20(26)24-9-3-4-10-24/h5-8,11,23H,3-4,9-10H2,1-2H3. The topological polar surface area (TPSA) is 122 Å². The first-order valence-corrected chi connectivity index (χ1v) is 11.9. The monoisotopic (exact) mass is 460 g/mol. The molecule has 1 aliphatic rings. The molecular weight excluding hydrogens is 440 g/mol. The number of nitrogens with one attached hydrogen (secondary N) is 1. The summed E-state index contributed by atoms with van der Waals surface area (Å²) in [6.45, 7) is 4.45. The van der Waals surface area contributed by atoms with Crippen molar-refractivity contribution in [2.75, 3.05) is 17.8 Å². The fourth-order valence-corrected chi connectivity index (χ4v) is 5.87. The average molecular weight is 461 g/mol. The molecular formula is C20H20N4O5S2. The van der Waals surface area contributed by atoms with Crippen LogP contribution in [-0.2, 0) is 10.0 Å². The smallest absolute Gasteiger partial charge is 0.316 e. The minimum atomic E-state index is -3.87. The van der Waals surface area contributed by atoms with Gasteiger partial charge in [0.15, 0.2) is 5.78 Å². The van der Waals surface area contributed by atoms with Gasteiger partial charge in [0.25, 0.3) is 10.0 Å². The van der Waals surface area contributed by atoms with Crippen LogP contribution in [0.5, 0.6) is 0 Å². The molecule has 0 spiro atoms. The lowest BCUT2D eigenvalue weighted by Crippen LogP contribution is -2.27. The molecule has 2 aromatic heterocycles. The van der Waals surface area contributed by atoms with Crippen molar-refractivity contribution in [3.05, 3.63) is 46.7 Å². The lowest BCUT2D eigenvalue weighted by atomic mass is 10.1. The molecule has 1 aliphatic heterocycles. The van der Waals surface area contributed by atoms with Gasteiger partial charge < -0.3 is 9.42 Å². The molecule has 11 heteroatoms. The number of rotatable bonds is 6. The van der Waals surface area contributed by atoms with Gasteiger partial charge in [-0.05, 0) is 57.0 Å². The zero-order chi connectivity index (χ0) is 22.2. The predicted molar refractivity (Wildman–Crippen MR) is 115 cm³/mol. The Kier molecular flexibility index (Phi) is 5.63. The molecule has 162 valence electrons. The number of aryl methyl sites for hydroxylation is 1. The molecule has 3 heterocycles. The Balaban J connectivity index is 1.55. The van der Waals surface area contributed by atoms with E-state index in [1.165, 1.54) is 36.5 Å². The van der Waals surface area contributed by atoms with Crippen molar-refractivity contribution in [3.63, 3.8) is 0 Å². The van der Waals surface area contributed by atoms with Crippen LogP contribution in [0.3, 0.4) is 0 Å². The molecule has 1 fully saturated rings. The number of aromatic nitrogens is 2. The Bertz CT molecular complexity index is 1240. The van der Waals surface area contributed by atoms with Crippen LogP contribution in [0.4, 0.5) is 5.69 Å². The van der Waals surface area contributed by atoms with Crippen LogP contribution < -0.4 is 4.72 Å². The summed E-state index contributed by atoms with van der Waals surface area (Å²) < 4.78 is 33.4. The molecule has 1 amide bonds. The lowest BCUT2D eigenvalue weighted by Gasteiger charge is -2.10. The van der Waals surface area contributed by atoms with Crippen LogP contribution in [0.25, 0.3) is 10.7 Å². The number of sulfonamides is 1. The number of ketones is 1. The summed E-state index contributed by atoms with van der Waals surface area (Å²) in [5, 5.41) is 3.86. The maximum Gasteiger partial charge on any atom is 0.316 e. The van der Waals surface area contributed by atoms with Crippen molar-refractivity contribution < 1.29 is 22.5 Å². The second-order valence-electron chi connectivity index (χ2n) is 7.19. The van der Waals surface area contributed by atoms with Gasteiger partial charge in [0.2, 0.25) is 5.82 Å². The van der Waals surface area contributed by atoms with E-state index in [1.54, 1.807) is 24.0 Å². The minimum Gasteiger partial charge on any atom is -0.334 e. The number of carbonyl (C=O) groups excluding carboxylic acids is 2. The first kappa shape index (κ1) is 21.2. The van der Waals surface area contributed by atoms with E-state index < -0.39 is 10.0 Å². The minimum absolute atomic E-state index is 0.0837. The molecule has 1 N–H and O–H groups in total. The molecule has 3 aromatic rings. The highest BCUT2D eigenvalue weighted by Crippen LogP contribution is 2.33.